The van der Waals surface area contributed by atoms with Gasteiger partial charge in [-0.15, -0.1) is 0 Å². The van der Waals surface area contributed by atoms with Crippen molar-refractivity contribution in [2.75, 3.05) is 63.5 Å². The van der Waals surface area contributed by atoms with Gasteiger partial charge in [-0.05, 0) is 7.05 Å². The summed E-state index contributed by atoms with van der Waals surface area (Å²) < 4.78 is 0. The normalized spacial score (nSPS) is 15.4. The Morgan fingerprint density at radius 3 is 2.56 bits per heavy atom. The Hall–Kier alpha value is -2.71. The molecule has 8 heteroatoms. The average molecular weight is 370 g/mol. The molecule has 0 aliphatic carbocycles. The first-order valence-corrected chi connectivity index (χ1v) is 9.15. The number of benzene rings is 1. The number of anilines is 2. The third-order valence-electron chi connectivity index (χ3n) is 4.52. The summed E-state index contributed by atoms with van der Waals surface area (Å²) in [7, 11) is 2.15. The molecule has 0 saturated carbocycles. The molecule has 8 nitrogen and oxygen atoms in total. The van der Waals surface area contributed by atoms with E-state index in [4.69, 9.17) is 5.11 Å². The SMILES string of the molecule is CN1CCN(CCNc2cc(-c3ccccc3)nc(NCC(=O)O)n2)CC1. The highest BCUT2D eigenvalue weighted by atomic mass is 16.4. The molecule has 1 aliphatic rings. The Bertz CT molecular complexity index is 747. The van der Waals surface area contributed by atoms with E-state index in [2.05, 4.69) is 37.4 Å². The number of likely N-dealkylation sites (N-methyl/N-ethyl adjacent to an activating group) is 1. The molecule has 1 aliphatic heterocycles. The van der Waals surface area contributed by atoms with E-state index >= 15 is 0 Å². The van der Waals surface area contributed by atoms with Gasteiger partial charge in [0.05, 0.1) is 5.69 Å². The Labute approximate surface area is 159 Å². The second-order valence-electron chi connectivity index (χ2n) is 6.65. The molecule has 0 amide bonds. The monoisotopic (exact) mass is 370 g/mol. The molecule has 2 heterocycles. The number of nitrogens with one attached hydrogen (secondary N) is 2. The summed E-state index contributed by atoms with van der Waals surface area (Å²) in [6.45, 7) is 5.82. The van der Waals surface area contributed by atoms with E-state index in [1.165, 1.54) is 0 Å². The first-order valence-electron chi connectivity index (χ1n) is 9.15. The number of carboxylic acids is 1. The van der Waals surface area contributed by atoms with Crippen LogP contribution in [0.15, 0.2) is 36.4 Å². The van der Waals surface area contributed by atoms with Gasteiger partial charge in [-0.2, -0.15) is 4.98 Å². The Kier molecular flexibility index (Phi) is 6.56. The molecule has 1 saturated heterocycles. The largest absolute Gasteiger partial charge is 0.480 e. The molecule has 2 aromatic rings. The zero-order chi connectivity index (χ0) is 19.1. The molecule has 144 valence electrons. The number of carbonyl (C=O) groups is 1. The predicted molar refractivity (Wildman–Crippen MR) is 106 cm³/mol. The summed E-state index contributed by atoms with van der Waals surface area (Å²) >= 11 is 0. The van der Waals surface area contributed by atoms with Crippen molar-refractivity contribution in [2.45, 2.75) is 0 Å². The Morgan fingerprint density at radius 2 is 1.85 bits per heavy atom. The number of aliphatic carboxylic acids is 1. The van der Waals surface area contributed by atoms with Crippen molar-refractivity contribution in [3.05, 3.63) is 36.4 Å². The smallest absolute Gasteiger partial charge is 0.322 e. The van der Waals surface area contributed by atoms with E-state index in [1.807, 2.05) is 36.4 Å². The molecular weight excluding hydrogens is 344 g/mol. The van der Waals surface area contributed by atoms with Crippen LogP contribution in [0.3, 0.4) is 0 Å². The minimum atomic E-state index is -0.951. The Balaban J connectivity index is 1.67. The summed E-state index contributed by atoms with van der Waals surface area (Å²) in [6.07, 6.45) is 0. The van der Waals surface area contributed by atoms with Gasteiger partial charge in [0.25, 0.3) is 0 Å². The molecular formula is C19H26N6O2. The number of piperazine rings is 1. The molecule has 1 fully saturated rings. The van der Waals surface area contributed by atoms with Gasteiger partial charge in [-0.3, -0.25) is 9.69 Å². The fraction of sp³-hybridized carbons (Fsp3) is 0.421. The average Bonchev–Trinajstić information content (AvgIpc) is 2.68. The summed E-state index contributed by atoms with van der Waals surface area (Å²) in [6, 6.07) is 11.7. The van der Waals surface area contributed by atoms with Crippen molar-refractivity contribution in [3.8, 4) is 11.3 Å². The van der Waals surface area contributed by atoms with E-state index in [1.54, 1.807) is 0 Å². The van der Waals surface area contributed by atoms with Crippen LogP contribution in [0.5, 0.6) is 0 Å². The van der Waals surface area contributed by atoms with Gasteiger partial charge < -0.3 is 20.6 Å². The third kappa shape index (κ3) is 5.90. The second-order valence-corrected chi connectivity index (χ2v) is 6.65. The number of hydrogen-bond donors (Lipinski definition) is 3. The first kappa shape index (κ1) is 19.1. The molecule has 27 heavy (non-hydrogen) atoms. The molecule has 0 atom stereocenters. The summed E-state index contributed by atoms with van der Waals surface area (Å²) in [5.41, 5.74) is 1.71. The molecule has 0 bridgehead atoms. The maximum absolute atomic E-state index is 10.8. The van der Waals surface area contributed by atoms with Crippen LogP contribution in [-0.2, 0) is 4.79 Å². The second kappa shape index (κ2) is 9.29. The van der Waals surface area contributed by atoms with Crippen molar-refractivity contribution in [1.82, 2.24) is 19.8 Å². The molecule has 1 aromatic carbocycles. The van der Waals surface area contributed by atoms with Crippen molar-refractivity contribution < 1.29 is 9.90 Å². The summed E-state index contributed by atoms with van der Waals surface area (Å²) in [5, 5.41) is 15.0. The van der Waals surface area contributed by atoms with Gasteiger partial charge in [0.15, 0.2) is 0 Å². The van der Waals surface area contributed by atoms with E-state index in [-0.39, 0.29) is 6.54 Å². The van der Waals surface area contributed by atoms with Crippen LogP contribution in [0.1, 0.15) is 0 Å². The van der Waals surface area contributed by atoms with Gasteiger partial charge >= 0.3 is 5.97 Å². The van der Waals surface area contributed by atoms with Crippen LogP contribution in [0.4, 0.5) is 11.8 Å². The molecule has 1 aromatic heterocycles. The van der Waals surface area contributed by atoms with Gasteiger partial charge in [-0.25, -0.2) is 4.98 Å². The third-order valence-corrected chi connectivity index (χ3v) is 4.52. The fourth-order valence-electron chi connectivity index (χ4n) is 2.94. The van der Waals surface area contributed by atoms with Gasteiger partial charge in [0.2, 0.25) is 5.95 Å². The first-order chi connectivity index (χ1) is 13.1. The number of rotatable bonds is 8. The van der Waals surface area contributed by atoms with E-state index in [9.17, 15) is 4.79 Å². The molecule has 0 radical (unpaired) electrons. The lowest BCUT2D eigenvalue weighted by atomic mass is 10.1. The zero-order valence-electron chi connectivity index (χ0n) is 15.6. The van der Waals surface area contributed by atoms with Crippen LogP contribution in [0.2, 0.25) is 0 Å². The van der Waals surface area contributed by atoms with Crippen molar-refractivity contribution in [1.29, 1.82) is 0 Å². The number of nitrogens with zero attached hydrogens (tertiary/aromatic N) is 4. The standard InChI is InChI=1S/C19H26N6O2/c1-24-9-11-25(12-10-24)8-7-20-17-13-16(15-5-3-2-4-6-15)22-19(23-17)21-14-18(26)27/h2-6,13H,7-12,14H2,1H3,(H,26,27)(H2,20,21,22,23). The zero-order valence-corrected chi connectivity index (χ0v) is 15.6. The highest BCUT2D eigenvalue weighted by molar-refractivity contribution is 5.72. The highest BCUT2D eigenvalue weighted by Crippen LogP contribution is 2.21. The summed E-state index contributed by atoms with van der Waals surface area (Å²) in [5.74, 6) is 0.0417. The minimum absolute atomic E-state index is 0.223. The molecule has 3 rings (SSSR count). The van der Waals surface area contributed by atoms with Gasteiger partial charge in [-0.1, -0.05) is 30.3 Å². The van der Waals surface area contributed by atoms with Crippen LogP contribution < -0.4 is 10.6 Å². The number of carboxylic acid groups (broad SMARTS) is 1. The van der Waals surface area contributed by atoms with Gasteiger partial charge in [0.1, 0.15) is 12.4 Å². The quantitative estimate of drug-likeness (QED) is 0.640. The van der Waals surface area contributed by atoms with Crippen LogP contribution in [0, 0.1) is 0 Å². The van der Waals surface area contributed by atoms with E-state index in [0.29, 0.717) is 11.8 Å². The Morgan fingerprint density at radius 1 is 1.11 bits per heavy atom. The van der Waals surface area contributed by atoms with Crippen LogP contribution in [-0.4, -0.2) is 83.7 Å². The van der Waals surface area contributed by atoms with E-state index in [0.717, 1.165) is 50.5 Å². The van der Waals surface area contributed by atoms with Gasteiger partial charge in [0, 0.05) is 50.9 Å². The number of aromatic nitrogens is 2. The lowest BCUT2D eigenvalue weighted by molar-refractivity contribution is -0.134. The molecule has 3 N–H and O–H groups in total. The topological polar surface area (TPSA) is 93.6 Å². The molecule has 0 unspecified atom stereocenters. The maximum Gasteiger partial charge on any atom is 0.322 e. The predicted octanol–water partition coefficient (Wildman–Crippen LogP) is 1.30. The van der Waals surface area contributed by atoms with Crippen LogP contribution in [0.25, 0.3) is 11.3 Å². The minimum Gasteiger partial charge on any atom is -0.480 e. The van der Waals surface area contributed by atoms with Crippen LogP contribution >= 0.6 is 0 Å². The highest BCUT2D eigenvalue weighted by Gasteiger charge is 2.13. The molecule has 0 spiro atoms. The fourth-order valence-corrected chi connectivity index (χ4v) is 2.94. The lowest BCUT2D eigenvalue weighted by Crippen LogP contribution is -2.45. The lowest BCUT2D eigenvalue weighted by Gasteiger charge is -2.32. The van der Waals surface area contributed by atoms with E-state index < -0.39 is 5.97 Å². The van der Waals surface area contributed by atoms with Crippen molar-refractivity contribution in [3.63, 3.8) is 0 Å². The maximum atomic E-state index is 10.8. The number of hydrogen-bond acceptors (Lipinski definition) is 7. The van der Waals surface area contributed by atoms with Crippen molar-refractivity contribution >= 4 is 17.7 Å². The summed E-state index contributed by atoms with van der Waals surface area (Å²) in [4.78, 5) is 24.4. The van der Waals surface area contributed by atoms with Crippen molar-refractivity contribution in [2.24, 2.45) is 0 Å².